The van der Waals surface area contributed by atoms with Crippen LogP contribution in [0.1, 0.15) is 39.7 Å². The summed E-state index contributed by atoms with van der Waals surface area (Å²) in [4.78, 5) is 22.3. The van der Waals surface area contributed by atoms with Gasteiger partial charge in [0.05, 0.1) is 4.90 Å². The van der Waals surface area contributed by atoms with Crippen LogP contribution in [0.3, 0.4) is 0 Å². The van der Waals surface area contributed by atoms with Crippen LogP contribution in [-0.4, -0.2) is 68.7 Å². The average molecular weight is 421 g/mol. The fraction of sp³-hybridized carbons (Fsp3) is 0.619. The minimum atomic E-state index is -3.61. The van der Waals surface area contributed by atoms with E-state index >= 15 is 0 Å². The molecule has 0 aromatic heterocycles. The minimum Gasteiger partial charge on any atom is -0.338 e. The van der Waals surface area contributed by atoms with E-state index in [4.69, 9.17) is 0 Å². The molecule has 2 heterocycles. The van der Waals surface area contributed by atoms with E-state index in [1.54, 1.807) is 24.3 Å². The number of amidine groups is 1. The lowest BCUT2D eigenvalue weighted by Crippen LogP contribution is -2.52. The fourth-order valence-electron chi connectivity index (χ4n) is 3.92. The Morgan fingerprint density at radius 2 is 1.72 bits per heavy atom. The maximum absolute atomic E-state index is 13.2. The Labute approximate surface area is 174 Å². The Bertz CT molecular complexity index is 872. The first-order valence-electron chi connectivity index (χ1n) is 10.4. The number of rotatable bonds is 6. The SMILES string of the molecule is CC(C)CC(N=C1NS(=O)(=O)c2ccccc21)C(=O)N1CCN(CC(C)C)CC1. The van der Waals surface area contributed by atoms with Gasteiger partial charge in [-0.1, -0.05) is 39.8 Å². The zero-order valence-corrected chi connectivity index (χ0v) is 18.6. The smallest absolute Gasteiger partial charge is 0.263 e. The van der Waals surface area contributed by atoms with Crippen LogP contribution in [0.2, 0.25) is 0 Å². The van der Waals surface area contributed by atoms with Crippen LogP contribution in [0.4, 0.5) is 0 Å². The summed E-state index contributed by atoms with van der Waals surface area (Å²) in [6.07, 6.45) is 0.582. The molecule has 1 N–H and O–H groups in total. The number of aliphatic imine (C=N–C) groups is 1. The van der Waals surface area contributed by atoms with Gasteiger partial charge in [-0.25, -0.2) is 8.42 Å². The summed E-state index contributed by atoms with van der Waals surface area (Å²) in [6.45, 7) is 12.6. The highest BCUT2D eigenvalue weighted by Gasteiger charge is 2.33. The Kier molecular flexibility index (Phi) is 6.63. The molecular formula is C21H32N4O3S. The number of piperazine rings is 1. The zero-order chi connectivity index (χ0) is 21.2. The number of carbonyl (C=O) groups excluding carboxylic acids is 1. The first kappa shape index (κ1) is 21.8. The van der Waals surface area contributed by atoms with Gasteiger partial charge in [0.15, 0.2) is 0 Å². The van der Waals surface area contributed by atoms with Crippen LogP contribution < -0.4 is 4.72 Å². The maximum atomic E-state index is 13.2. The number of hydrogen-bond acceptors (Lipinski definition) is 5. The van der Waals surface area contributed by atoms with Crippen LogP contribution in [-0.2, 0) is 14.8 Å². The highest BCUT2D eigenvalue weighted by atomic mass is 32.2. The van der Waals surface area contributed by atoms with E-state index in [9.17, 15) is 13.2 Å². The van der Waals surface area contributed by atoms with Gasteiger partial charge in [0.2, 0.25) is 5.91 Å². The molecule has 0 spiro atoms. The highest BCUT2D eigenvalue weighted by Crippen LogP contribution is 2.24. The minimum absolute atomic E-state index is 0.0148. The Hall–Kier alpha value is -1.93. The quantitative estimate of drug-likeness (QED) is 0.763. The van der Waals surface area contributed by atoms with E-state index in [1.807, 2.05) is 18.7 Å². The molecule has 2 aliphatic rings. The van der Waals surface area contributed by atoms with Crippen molar-refractivity contribution in [1.29, 1.82) is 0 Å². The molecule has 160 valence electrons. The van der Waals surface area contributed by atoms with Crippen molar-refractivity contribution in [2.24, 2.45) is 16.8 Å². The predicted molar refractivity (Wildman–Crippen MR) is 114 cm³/mol. The monoisotopic (exact) mass is 420 g/mol. The molecule has 1 atom stereocenters. The van der Waals surface area contributed by atoms with Gasteiger partial charge in [0, 0.05) is 38.3 Å². The van der Waals surface area contributed by atoms with Crippen LogP contribution >= 0.6 is 0 Å². The first-order valence-corrected chi connectivity index (χ1v) is 11.9. The number of carbonyl (C=O) groups is 1. The molecule has 29 heavy (non-hydrogen) atoms. The standard InChI is InChI=1S/C21H32N4O3S/c1-15(2)13-18(21(26)25-11-9-24(10-12-25)14-16(3)4)22-20-17-7-5-6-8-19(17)29(27,28)23-20/h5-8,15-16,18H,9-14H2,1-4H3,(H,22,23). The van der Waals surface area contributed by atoms with Gasteiger partial charge in [-0.2, -0.15) is 0 Å². The average Bonchev–Trinajstić information content (AvgIpc) is 2.91. The van der Waals surface area contributed by atoms with Crippen molar-refractivity contribution in [3.63, 3.8) is 0 Å². The number of fused-ring (bicyclic) bond motifs is 1. The predicted octanol–water partition coefficient (Wildman–Crippen LogP) is 1.94. The molecule has 1 amide bonds. The molecule has 8 heteroatoms. The Morgan fingerprint density at radius 1 is 1.07 bits per heavy atom. The molecule has 1 aromatic carbocycles. The number of amides is 1. The van der Waals surface area contributed by atoms with Crippen molar-refractivity contribution in [3.8, 4) is 0 Å². The van der Waals surface area contributed by atoms with Crippen molar-refractivity contribution >= 4 is 21.8 Å². The first-order chi connectivity index (χ1) is 13.7. The van der Waals surface area contributed by atoms with Crippen LogP contribution in [0, 0.1) is 11.8 Å². The van der Waals surface area contributed by atoms with Crippen molar-refractivity contribution in [1.82, 2.24) is 14.5 Å². The molecule has 0 radical (unpaired) electrons. The molecule has 0 aliphatic carbocycles. The van der Waals surface area contributed by atoms with Crippen LogP contribution in [0.15, 0.2) is 34.2 Å². The van der Waals surface area contributed by atoms with Gasteiger partial charge in [-0.15, -0.1) is 0 Å². The van der Waals surface area contributed by atoms with E-state index < -0.39 is 16.1 Å². The van der Waals surface area contributed by atoms with Crippen LogP contribution in [0.25, 0.3) is 0 Å². The maximum Gasteiger partial charge on any atom is 0.263 e. The van der Waals surface area contributed by atoms with Crippen molar-refractivity contribution < 1.29 is 13.2 Å². The molecule has 1 saturated heterocycles. The second-order valence-corrected chi connectivity index (χ2v) is 10.4. The molecular weight excluding hydrogens is 388 g/mol. The number of benzene rings is 1. The molecule has 2 aliphatic heterocycles. The molecule has 1 aromatic rings. The van der Waals surface area contributed by atoms with E-state index in [2.05, 4.69) is 28.5 Å². The normalized spacial score (nSPS) is 21.4. The van der Waals surface area contributed by atoms with Gasteiger partial charge in [-0.3, -0.25) is 19.4 Å². The van der Waals surface area contributed by atoms with E-state index in [0.29, 0.717) is 31.0 Å². The summed E-state index contributed by atoms with van der Waals surface area (Å²) in [6, 6.07) is 6.18. The number of sulfonamides is 1. The van der Waals surface area contributed by atoms with Gasteiger partial charge < -0.3 is 4.90 Å². The van der Waals surface area contributed by atoms with Crippen molar-refractivity contribution in [3.05, 3.63) is 29.8 Å². The third-order valence-corrected chi connectivity index (χ3v) is 6.63. The summed E-state index contributed by atoms with van der Waals surface area (Å²) in [5.74, 6) is 1.13. The summed E-state index contributed by atoms with van der Waals surface area (Å²) < 4.78 is 27.3. The lowest BCUT2D eigenvalue weighted by molar-refractivity contribution is -0.134. The molecule has 1 fully saturated rings. The second-order valence-electron chi connectivity index (χ2n) is 8.74. The topological polar surface area (TPSA) is 82.1 Å². The fourth-order valence-corrected chi connectivity index (χ4v) is 5.16. The summed E-state index contributed by atoms with van der Waals surface area (Å²) >= 11 is 0. The molecule has 1 unspecified atom stereocenters. The van der Waals surface area contributed by atoms with Crippen molar-refractivity contribution in [2.45, 2.75) is 45.1 Å². The summed E-state index contributed by atoms with van der Waals surface area (Å²) in [7, 11) is -3.61. The van der Waals surface area contributed by atoms with E-state index in [-0.39, 0.29) is 22.6 Å². The second kappa shape index (κ2) is 8.83. The molecule has 0 bridgehead atoms. The largest absolute Gasteiger partial charge is 0.338 e. The third-order valence-electron chi connectivity index (χ3n) is 5.23. The van der Waals surface area contributed by atoms with Gasteiger partial charge in [0.1, 0.15) is 11.9 Å². The highest BCUT2D eigenvalue weighted by molar-refractivity contribution is 7.90. The lowest BCUT2D eigenvalue weighted by Gasteiger charge is -2.36. The lowest BCUT2D eigenvalue weighted by atomic mass is 10.0. The Balaban J connectivity index is 1.79. The van der Waals surface area contributed by atoms with Gasteiger partial charge in [-0.05, 0) is 30.4 Å². The van der Waals surface area contributed by atoms with Crippen LogP contribution in [0.5, 0.6) is 0 Å². The number of nitrogens with one attached hydrogen (secondary N) is 1. The van der Waals surface area contributed by atoms with Gasteiger partial charge in [0.25, 0.3) is 10.0 Å². The van der Waals surface area contributed by atoms with Gasteiger partial charge >= 0.3 is 0 Å². The molecule has 7 nitrogen and oxygen atoms in total. The number of nitrogens with zero attached hydrogens (tertiary/aromatic N) is 3. The Morgan fingerprint density at radius 3 is 2.34 bits per heavy atom. The summed E-state index contributed by atoms with van der Waals surface area (Å²) in [5, 5.41) is 0. The van der Waals surface area contributed by atoms with E-state index in [1.165, 1.54) is 0 Å². The van der Waals surface area contributed by atoms with E-state index in [0.717, 1.165) is 19.6 Å². The summed E-state index contributed by atoms with van der Waals surface area (Å²) in [5.41, 5.74) is 0.538. The van der Waals surface area contributed by atoms with Crippen molar-refractivity contribution in [2.75, 3.05) is 32.7 Å². The molecule has 3 rings (SSSR count). The third kappa shape index (κ3) is 5.17. The number of hydrogen-bond donors (Lipinski definition) is 1. The zero-order valence-electron chi connectivity index (χ0n) is 17.8. The molecule has 0 saturated carbocycles.